The van der Waals surface area contributed by atoms with Crippen LogP contribution >= 0.6 is 0 Å². The van der Waals surface area contributed by atoms with Crippen LogP contribution in [0.1, 0.15) is 55.5 Å². The van der Waals surface area contributed by atoms with E-state index in [9.17, 15) is 9.59 Å². The molecule has 2 amide bonds. The van der Waals surface area contributed by atoms with E-state index in [-0.39, 0.29) is 17.7 Å². The van der Waals surface area contributed by atoms with Crippen molar-refractivity contribution in [2.24, 2.45) is 5.92 Å². The van der Waals surface area contributed by atoms with Crippen LogP contribution in [0.3, 0.4) is 0 Å². The Morgan fingerprint density at radius 2 is 1.72 bits per heavy atom. The fourth-order valence-corrected chi connectivity index (χ4v) is 3.66. The maximum atomic E-state index is 13.0. The van der Waals surface area contributed by atoms with Gasteiger partial charge in [0.1, 0.15) is 0 Å². The van der Waals surface area contributed by atoms with E-state index in [1.54, 1.807) is 0 Å². The van der Waals surface area contributed by atoms with Crippen LogP contribution in [0.15, 0.2) is 48.5 Å². The maximum Gasteiger partial charge on any atom is 0.253 e. The highest BCUT2D eigenvalue weighted by molar-refractivity contribution is 6.02. The van der Waals surface area contributed by atoms with Gasteiger partial charge in [0, 0.05) is 37.4 Å². The predicted octanol–water partition coefficient (Wildman–Crippen LogP) is 4.59. The number of piperidine rings is 1. The Kier molecular flexibility index (Phi) is 7.28. The standard InChI is InChI=1S/C24H31N3O2/c1-18(2)15-23(28)26-20-11-12-22(27-13-7-4-8-14-27)21(16-20)24(29)25-17-19-9-5-3-6-10-19/h3,5-6,9-12,16,18H,4,7-8,13-15,17H2,1-2H3,(H,25,29)(H,26,28). The quantitative estimate of drug-likeness (QED) is 0.723. The van der Waals surface area contributed by atoms with Crippen molar-refractivity contribution in [2.75, 3.05) is 23.3 Å². The molecular weight excluding hydrogens is 362 g/mol. The first-order valence-electron chi connectivity index (χ1n) is 10.5. The Balaban J connectivity index is 1.80. The third kappa shape index (κ3) is 6.08. The topological polar surface area (TPSA) is 61.4 Å². The van der Waals surface area contributed by atoms with Gasteiger partial charge < -0.3 is 15.5 Å². The fourth-order valence-electron chi connectivity index (χ4n) is 3.66. The van der Waals surface area contributed by atoms with Crippen LogP contribution in [0.5, 0.6) is 0 Å². The lowest BCUT2D eigenvalue weighted by molar-refractivity contribution is -0.116. The number of rotatable bonds is 7. The minimum atomic E-state index is -0.116. The lowest BCUT2D eigenvalue weighted by atomic mass is 10.1. The monoisotopic (exact) mass is 393 g/mol. The van der Waals surface area contributed by atoms with Crippen LogP contribution in [0, 0.1) is 5.92 Å². The van der Waals surface area contributed by atoms with Crippen molar-refractivity contribution in [3.8, 4) is 0 Å². The highest BCUT2D eigenvalue weighted by Crippen LogP contribution is 2.27. The summed E-state index contributed by atoms with van der Waals surface area (Å²) in [5.74, 6) is 0.145. The molecule has 29 heavy (non-hydrogen) atoms. The molecule has 154 valence electrons. The van der Waals surface area contributed by atoms with Gasteiger partial charge in [0.05, 0.1) is 5.56 Å². The number of hydrogen-bond acceptors (Lipinski definition) is 3. The average Bonchev–Trinajstić information content (AvgIpc) is 2.72. The Labute approximate surface area is 173 Å². The van der Waals surface area contributed by atoms with Crippen LogP contribution in [-0.2, 0) is 11.3 Å². The third-order valence-electron chi connectivity index (χ3n) is 5.11. The Bertz CT molecular complexity index is 827. The van der Waals surface area contributed by atoms with E-state index in [0.717, 1.165) is 37.2 Å². The van der Waals surface area contributed by atoms with Gasteiger partial charge in [0.2, 0.25) is 5.91 Å². The second-order valence-corrected chi connectivity index (χ2v) is 8.09. The summed E-state index contributed by atoms with van der Waals surface area (Å²) in [5.41, 5.74) is 3.28. The summed E-state index contributed by atoms with van der Waals surface area (Å²) >= 11 is 0. The van der Waals surface area contributed by atoms with Crippen molar-refractivity contribution in [1.29, 1.82) is 0 Å². The maximum absolute atomic E-state index is 13.0. The smallest absolute Gasteiger partial charge is 0.253 e. The molecular formula is C24H31N3O2. The van der Waals surface area contributed by atoms with Crippen molar-refractivity contribution in [3.63, 3.8) is 0 Å². The molecule has 3 rings (SSSR count). The number of benzene rings is 2. The number of nitrogens with one attached hydrogen (secondary N) is 2. The number of carbonyl (C=O) groups is 2. The van der Waals surface area contributed by atoms with Gasteiger partial charge in [-0.2, -0.15) is 0 Å². The lowest BCUT2D eigenvalue weighted by Crippen LogP contribution is -2.32. The lowest BCUT2D eigenvalue weighted by Gasteiger charge is -2.30. The summed E-state index contributed by atoms with van der Waals surface area (Å²) in [6, 6.07) is 15.6. The first kappa shape index (κ1) is 20.9. The molecule has 0 bridgehead atoms. The summed E-state index contributed by atoms with van der Waals surface area (Å²) < 4.78 is 0. The van der Waals surface area contributed by atoms with E-state index in [1.165, 1.54) is 6.42 Å². The molecule has 2 aromatic carbocycles. The summed E-state index contributed by atoms with van der Waals surface area (Å²) in [4.78, 5) is 27.5. The molecule has 1 aliphatic rings. The van der Waals surface area contributed by atoms with Crippen molar-refractivity contribution >= 4 is 23.2 Å². The van der Waals surface area contributed by atoms with E-state index in [0.29, 0.717) is 24.2 Å². The predicted molar refractivity (Wildman–Crippen MR) is 118 cm³/mol. The molecule has 1 heterocycles. The number of nitrogens with zero attached hydrogens (tertiary/aromatic N) is 1. The average molecular weight is 394 g/mol. The fraction of sp³-hybridized carbons (Fsp3) is 0.417. The zero-order valence-electron chi connectivity index (χ0n) is 17.4. The Hall–Kier alpha value is -2.82. The minimum Gasteiger partial charge on any atom is -0.371 e. The molecule has 0 unspecified atom stereocenters. The minimum absolute atomic E-state index is 0.0265. The van der Waals surface area contributed by atoms with Gasteiger partial charge in [0.15, 0.2) is 0 Å². The van der Waals surface area contributed by atoms with E-state index in [2.05, 4.69) is 15.5 Å². The van der Waals surface area contributed by atoms with E-state index in [1.807, 2.05) is 62.4 Å². The molecule has 0 radical (unpaired) electrons. The Morgan fingerprint density at radius 1 is 1.00 bits per heavy atom. The van der Waals surface area contributed by atoms with Crippen molar-refractivity contribution < 1.29 is 9.59 Å². The van der Waals surface area contributed by atoms with E-state index < -0.39 is 0 Å². The zero-order chi connectivity index (χ0) is 20.6. The molecule has 1 aliphatic heterocycles. The molecule has 0 spiro atoms. The van der Waals surface area contributed by atoms with Crippen LogP contribution in [-0.4, -0.2) is 24.9 Å². The molecule has 5 nitrogen and oxygen atoms in total. The largest absolute Gasteiger partial charge is 0.371 e. The zero-order valence-corrected chi connectivity index (χ0v) is 17.4. The van der Waals surface area contributed by atoms with Crippen LogP contribution < -0.4 is 15.5 Å². The van der Waals surface area contributed by atoms with E-state index >= 15 is 0 Å². The van der Waals surface area contributed by atoms with Gasteiger partial charge in [-0.3, -0.25) is 9.59 Å². The van der Waals surface area contributed by atoms with Crippen molar-refractivity contribution in [3.05, 3.63) is 59.7 Å². The second kappa shape index (κ2) is 10.1. The highest BCUT2D eigenvalue weighted by Gasteiger charge is 2.20. The highest BCUT2D eigenvalue weighted by atomic mass is 16.2. The van der Waals surface area contributed by atoms with E-state index in [4.69, 9.17) is 0 Å². The summed E-state index contributed by atoms with van der Waals surface area (Å²) in [7, 11) is 0. The van der Waals surface area contributed by atoms with Crippen LogP contribution in [0.2, 0.25) is 0 Å². The third-order valence-corrected chi connectivity index (χ3v) is 5.11. The second-order valence-electron chi connectivity index (χ2n) is 8.09. The molecule has 0 aromatic heterocycles. The van der Waals surface area contributed by atoms with Crippen molar-refractivity contribution in [1.82, 2.24) is 5.32 Å². The number of carbonyl (C=O) groups excluding carboxylic acids is 2. The summed E-state index contributed by atoms with van der Waals surface area (Å²) in [6.45, 7) is 6.42. The molecule has 1 saturated heterocycles. The molecule has 0 saturated carbocycles. The van der Waals surface area contributed by atoms with Crippen molar-refractivity contribution in [2.45, 2.75) is 46.1 Å². The number of amides is 2. The van der Waals surface area contributed by atoms with Gasteiger partial charge in [-0.15, -0.1) is 0 Å². The first-order valence-corrected chi connectivity index (χ1v) is 10.5. The Morgan fingerprint density at radius 3 is 2.41 bits per heavy atom. The molecule has 2 aromatic rings. The molecule has 5 heteroatoms. The molecule has 1 fully saturated rings. The molecule has 2 N–H and O–H groups in total. The summed E-state index contributed by atoms with van der Waals surface area (Å²) in [6.07, 6.45) is 3.97. The normalized spacial score (nSPS) is 14.0. The van der Waals surface area contributed by atoms with Gasteiger partial charge in [0.25, 0.3) is 5.91 Å². The van der Waals surface area contributed by atoms with Crippen LogP contribution in [0.4, 0.5) is 11.4 Å². The number of anilines is 2. The SMILES string of the molecule is CC(C)CC(=O)Nc1ccc(N2CCCCC2)c(C(=O)NCc2ccccc2)c1. The van der Waals surface area contributed by atoms with Gasteiger partial charge in [-0.05, 0) is 48.9 Å². The van der Waals surface area contributed by atoms with Gasteiger partial charge in [-0.25, -0.2) is 0 Å². The first-order chi connectivity index (χ1) is 14.0. The van der Waals surface area contributed by atoms with Gasteiger partial charge in [-0.1, -0.05) is 44.2 Å². The van der Waals surface area contributed by atoms with Crippen LogP contribution in [0.25, 0.3) is 0 Å². The molecule has 0 aliphatic carbocycles. The summed E-state index contributed by atoms with van der Waals surface area (Å²) in [5, 5.41) is 5.96. The number of hydrogen-bond donors (Lipinski definition) is 2. The van der Waals surface area contributed by atoms with Gasteiger partial charge >= 0.3 is 0 Å². The molecule has 0 atom stereocenters.